The number of methoxy groups -OCH3 is 1. The molecule has 0 bridgehead atoms. The van der Waals surface area contributed by atoms with Crippen molar-refractivity contribution in [2.45, 2.75) is 11.8 Å². The van der Waals surface area contributed by atoms with Gasteiger partial charge in [-0.2, -0.15) is 14.6 Å². The molecule has 0 aliphatic heterocycles. The van der Waals surface area contributed by atoms with Gasteiger partial charge in [0.15, 0.2) is 11.5 Å². The molecule has 0 radical (unpaired) electrons. The molecular formula is C21H17ClN4O5S2. The van der Waals surface area contributed by atoms with E-state index in [0.717, 1.165) is 11.8 Å². The summed E-state index contributed by atoms with van der Waals surface area (Å²) in [5.41, 5.74) is 1.10. The van der Waals surface area contributed by atoms with Crippen molar-refractivity contribution in [3.63, 3.8) is 0 Å². The van der Waals surface area contributed by atoms with Gasteiger partial charge in [0, 0.05) is 17.8 Å². The molecule has 9 nitrogen and oxygen atoms in total. The molecule has 1 aromatic heterocycles. The number of benzene rings is 2. The van der Waals surface area contributed by atoms with E-state index in [0.29, 0.717) is 28.6 Å². The van der Waals surface area contributed by atoms with Crippen LogP contribution in [0.1, 0.15) is 11.1 Å². The Labute approximate surface area is 199 Å². The molecule has 12 heteroatoms. The molecule has 170 valence electrons. The molecule has 0 aliphatic carbocycles. The zero-order valence-corrected chi connectivity index (χ0v) is 19.8. The lowest BCUT2D eigenvalue weighted by Gasteiger charge is -2.13. The Hall–Kier alpha value is -3.46. The van der Waals surface area contributed by atoms with E-state index >= 15 is 0 Å². The Balaban J connectivity index is 1.81. The summed E-state index contributed by atoms with van der Waals surface area (Å²) in [4.78, 5) is 16.2. The third-order valence-electron chi connectivity index (χ3n) is 4.11. The molecule has 0 saturated heterocycles. The van der Waals surface area contributed by atoms with Gasteiger partial charge in [0.1, 0.15) is 18.2 Å². The van der Waals surface area contributed by atoms with E-state index in [-0.39, 0.29) is 22.3 Å². The quantitative estimate of drug-likeness (QED) is 0.362. The average molecular weight is 505 g/mol. The average Bonchev–Trinajstić information content (AvgIpc) is 3.26. The summed E-state index contributed by atoms with van der Waals surface area (Å²) in [7, 11) is -2.17. The van der Waals surface area contributed by atoms with Crippen LogP contribution in [0.15, 0.2) is 53.2 Å². The number of carbonyl (C=O) groups excluding carboxylic acids is 1. The summed E-state index contributed by atoms with van der Waals surface area (Å²) in [6.45, 7) is 0.273. The Bertz CT molecular complexity index is 1350. The molecule has 0 aliphatic rings. The molecule has 0 saturated carbocycles. The lowest BCUT2D eigenvalue weighted by Crippen LogP contribution is -2.13. The number of amides is 1. The third-order valence-corrected chi connectivity index (χ3v) is 5.99. The molecule has 2 aromatic carbocycles. The van der Waals surface area contributed by atoms with Crippen LogP contribution in [0.3, 0.4) is 0 Å². The van der Waals surface area contributed by atoms with Gasteiger partial charge >= 0.3 is 0 Å². The molecule has 0 fully saturated rings. The van der Waals surface area contributed by atoms with E-state index in [1.807, 2.05) is 30.3 Å². The van der Waals surface area contributed by atoms with Gasteiger partial charge in [-0.1, -0.05) is 41.9 Å². The van der Waals surface area contributed by atoms with Crippen LogP contribution >= 0.6 is 23.1 Å². The number of anilines is 1. The molecule has 1 N–H and O–H groups in total. The van der Waals surface area contributed by atoms with Crippen molar-refractivity contribution < 1.29 is 22.7 Å². The van der Waals surface area contributed by atoms with E-state index in [1.54, 1.807) is 12.1 Å². The predicted octanol–water partition coefficient (Wildman–Crippen LogP) is 3.73. The maximum absolute atomic E-state index is 12.5. The number of sulfone groups is 1. The summed E-state index contributed by atoms with van der Waals surface area (Å²) in [6.07, 6.45) is 2.26. The Kier molecular flexibility index (Phi) is 7.65. The second kappa shape index (κ2) is 10.4. The van der Waals surface area contributed by atoms with Gasteiger partial charge in [-0.05, 0) is 29.3 Å². The first-order chi connectivity index (χ1) is 15.7. The van der Waals surface area contributed by atoms with Crippen molar-refractivity contribution >= 4 is 50.1 Å². The lowest BCUT2D eigenvalue weighted by molar-refractivity contribution is -0.112. The van der Waals surface area contributed by atoms with Crippen molar-refractivity contribution in [3.05, 3.63) is 64.2 Å². The fourth-order valence-corrected chi connectivity index (χ4v) is 4.30. The minimum Gasteiger partial charge on any atom is -0.493 e. The highest BCUT2D eigenvalue weighted by atomic mass is 35.5. The van der Waals surface area contributed by atoms with E-state index < -0.39 is 20.9 Å². The maximum Gasteiger partial charge on any atom is 0.268 e. The van der Waals surface area contributed by atoms with Crippen LogP contribution < -0.4 is 14.8 Å². The fourth-order valence-electron chi connectivity index (χ4n) is 2.58. The molecule has 33 heavy (non-hydrogen) atoms. The monoisotopic (exact) mass is 504 g/mol. The smallest absolute Gasteiger partial charge is 0.268 e. The van der Waals surface area contributed by atoms with Gasteiger partial charge in [-0.25, -0.2) is 8.42 Å². The Morgan fingerprint density at radius 3 is 2.64 bits per heavy atom. The van der Waals surface area contributed by atoms with Gasteiger partial charge in [0.05, 0.1) is 12.1 Å². The van der Waals surface area contributed by atoms with Gasteiger partial charge < -0.3 is 9.47 Å². The number of hydrogen-bond donors (Lipinski definition) is 1. The normalized spacial score (nSPS) is 11.5. The zero-order chi connectivity index (χ0) is 24.0. The molecule has 3 aromatic rings. The van der Waals surface area contributed by atoms with Crippen molar-refractivity contribution in [1.29, 1.82) is 5.26 Å². The number of nitrogens with one attached hydrogen (secondary N) is 1. The molecule has 3 rings (SSSR count). The highest BCUT2D eigenvalue weighted by Crippen LogP contribution is 2.37. The van der Waals surface area contributed by atoms with Crippen LogP contribution in [-0.2, 0) is 21.2 Å². The fraction of sp³-hybridized carbons (Fsp3) is 0.143. The lowest BCUT2D eigenvalue weighted by atomic mass is 10.1. The van der Waals surface area contributed by atoms with Crippen molar-refractivity contribution in [2.75, 3.05) is 18.7 Å². The predicted molar refractivity (Wildman–Crippen MR) is 124 cm³/mol. The van der Waals surface area contributed by atoms with Gasteiger partial charge in [0.2, 0.25) is 15.0 Å². The van der Waals surface area contributed by atoms with E-state index in [9.17, 15) is 18.5 Å². The van der Waals surface area contributed by atoms with E-state index in [1.165, 1.54) is 19.3 Å². The van der Waals surface area contributed by atoms with Crippen LogP contribution in [0, 0.1) is 11.3 Å². The highest BCUT2D eigenvalue weighted by molar-refractivity contribution is 7.90. The van der Waals surface area contributed by atoms with E-state index in [2.05, 4.69) is 14.7 Å². The maximum atomic E-state index is 12.5. The first-order valence-electron chi connectivity index (χ1n) is 9.22. The van der Waals surface area contributed by atoms with Gasteiger partial charge in [-0.3, -0.25) is 10.1 Å². The first-order valence-corrected chi connectivity index (χ1v) is 12.3. The minimum atomic E-state index is -3.61. The summed E-state index contributed by atoms with van der Waals surface area (Å²) >= 11 is 7.06. The standard InChI is InChI=1S/C21H17ClN4O5S2/c1-30-17-10-14(9-16(22)18(17)31-12-13-6-4-3-5-7-13)8-15(11-23)19(27)24-20-25-21(26-32-20)33(2,28)29/h3-10H,12H2,1-2H3,(H,24,25,26,27)/b15-8-. The van der Waals surface area contributed by atoms with Crippen LogP contribution in [0.2, 0.25) is 5.02 Å². The Morgan fingerprint density at radius 2 is 2.03 bits per heavy atom. The van der Waals surface area contributed by atoms with E-state index in [4.69, 9.17) is 21.1 Å². The van der Waals surface area contributed by atoms with Crippen LogP contribution in [0.5, 0.6) is 11.5 Å². The zero-order valence-electron chi connectivity index (χ0n) is 17.4. The van der Waals surface area contributed by atoms with Crippen molar-refractivity contribution in [3.8, 4) is 17.6 Å². The van der Waals surface area contributed by atoms with Gasteiger partial charge in [0.25, 0.3) is 11.1 Å². The SMILES string of the molecule is COc1cc(/C=C(/C#N)C(=O)Nc2nc(S(C)(=O)=O)ns2)cc(Cl)c1OCc1ccccc1. The third kappa shape index (κ3) is 6.29. The number of aromatic nitrogens is 2. The topological polar surface area (TPSA) is 131 Å². The summed E-state index contributed by atoms with van der Waals surface area (Å²) < 4.78 is 37.8. The number of ether oxygens (including phenoxy) is 2. The summed E-state index contributed by atoms with van der Waals surface area (Å²) in [6, 6.07) is 14.4. The van der Waals surface area contributed by atoms with Crippen molar-refractivity contribution in [1.82, 2.24) is 9.36 Å². The molecular weight excluding hydrogens is 488 g/mol. The second-order valence-electron chi connectivity index (χ2n) is 6.59. The number of carbonyl (C=O) groups is 1. The Morgan fingerprint density at radius 1 is 1.30 bits per heavy atom. The number of nitriles is 1. The number of rotatable bonds is 8. The van der Waals surface area contributed by atoms with Crippen LogP contribution in [0.4, 0.5) is 5.13 Å². The molecule has 1 heterocycles. The second-order valence-corrected chi connectivity index (χ2v) is 9.66. The number of nitrogens with zero attached hydrogens (tertiary/aromatic N) is 3. The molecule has 0 atom stereocenters. The van der Waals surface area contributed by atoms with Gasteiger partial charge in [-0.15, -0.1) is 0 Å². The van der Waals surface area contributed by atoms with Crippen molar-refractivity contribution in [2.24, 2.45) is 0 Å². The number of hydrogen-bond acceptors (Lipinski definition) is 9. The molecule has 0 unspecified atom stereocenters. The first kappa shape index (κ1) is 24.2. The van der Waals surface area contributed by atoms with Crippen LogP contribution in [0.25, 0.3) is 6.08 Å². The number of halogens is 1. The molecule has 0 spiro atoms. The summed E-state index contributed by atoms with van der Waals surface area (Å²) in [5.74, 6) is -0.136. The minimum absolute atomic E-state index is 0.0538. The highest BCUT2D eigenvalue weighted by Gasteiger charge is 2.18. The largest absolute Gasteiger partial charge is 0.493 e. The van der Waals surface area contributed by atoms with Crippen LogP contribution in [-0.4, -0.2) is 37.0 Å². The molecule has 1 amide bonds. The summed E-state index contributed by atoms with van der Waals surface area (Å²) in [5, 5.41) is 11.6.